The Labute approximate surface area is 131 Å². The molecule has 1 saturated heterocycles. The summed E-state index contributed by atoms with van der Waals surface area (Å²) in [6.07, 6.45) is 2.21. The van der Waals surface area contributed by atoms with Gasteiger partial charge in [-0.3, -0.25) is 9.69 Å². The number of anilines is 1. The van der Waals surface area contributed by atoms with E-state index in [0.29, 0.717) is 24.2 Å². The third-order valence-electron chi connectivity index (χ3n) is 3.58. The van der Waals surface area contributed by atoms with E-state index in [1.54, 1.807) is 6.07 Å². The van der Waals surface area contributed by atoms with Crippen LogP contribution >= 0.6 is 24.0 Å². The minimum absolute atomic E-state index is 0. The number of hydrogen-bond acceptors (Lipinski definition) is 3. The number of carbonyl (C=O) groups is 1. The number of carbonyl (C=O) groups excluding carboxylic acids is 1. The molecule has 1 atom stereocenters. The third kappa shape index (κ3) is 4.35. The van der Waals surface area contributed by atoms with Gasteiger partial charge in [-0.2, -0.15) is 0 Å². The van der Waals surface area contributed by atoms with Gasteiger partial charge in [-0.15, -0.1) is 12.4 Å². The fraction of sp³-hybridized carbons (Fsp3) is 0.500. The molecule has 0 saturated carbocycles. The number of nitrogens with zero attached hydrogens (tertiary/aromatic N) is 1. The standard InChI is InChI=1S/C14H20ClN3O.ClH/c1-10-7-11(15)4-5-13(10)17-14(19)9-18-6-2-3-12(18)8-16;/h4-5,7,12H,2-3,6,8-9,16H2,1H3,(H,17,19);1H. The molecule has 1 unspecified atom stereocenters. The zero-order valence-electron chi connectivity index (χ0n) is 11.6. The summed E-state index contributed by atoms with van der Waals surface area (Å²) in [6.45, 7) is 3.91. The molecule has 0 bridgehead atoms. The average molecular weight is 318 g/mol. The molecule has 1 fully saturated rings. The van der Waals surface area contributed by atoms with Crippen molar-refractivity contribution in [3.05, 3.63) is 28.8 Å². The maximum absolute atomic E-state index is 12.0. The van der Waals surface area contributed by atoms with Gasteiger partial charge in [-0.1, -0.05) is 11.6 Å². The van der Waals surface area contributed by atoms with Gasteiger partial charge in [-0.05, 0) is 50.1 Å². The van der Waals surface area contributed by atoms with Crippen LogP contribution in [0.3, 0.4) is 0 Å². The van der Waals surface area contributed by atoms with Crippen LogP contribution in [0.15, 0.2) is 18.2 Å². The Morgan fingerprint density at radius 3 is 2.95 bits per heavy atom. The predicted molar refractivity (Wildman–Crippen MR) is 85.7 cm³/mol. The molecule has 20 heavy (non-hydrogen) atoms. The van der Waals surface area contributed by atoms with Gasteiger partial charge in [0.05, 0.1) is 6.54 Å². The van der Waals surface area contributed by atoms with Crippen LogP contribution in [0, 0.1) is 6.92 Å². The van der Waals surface area contributed by atoms with Gasteiger partial charge in [0, 0.05) is 23.3 Å². The Balaban J connectivity index is 0.00000200. The van der Waals surface area contributed by atoms with Crippen molar-refractivity contribution < 1.29 is 4.79 Å². The first-order chi connectivity index (χ1) is 9.10. The van der Waals surface area contributed by atoms with Crippen molar-refractivity contribution in [3.63, 3.8) is 0 Å². The molecule has 1 aliphatic rings. The highest BCUT2D eigenvalue weighted by molar-refractivity contribution is 6.30. The van der Waals surface area contributed by atoms with Crippen LogP contribution in [0.25, 0.3) is 0 Å². The zero-order chi connectivity index (χ0) is 13.8. The summed E-state index contributed by atoms with van der Waals surface area (Å²) in [5.41, 5.74) is 7.49. The van der Waals surface area contributed by atoms with E-state index in [9.17, 15) is 4.79 Å². The number of halogens is 2. The summed E-state index contributed by atoms with van der Waals surface area (Å²) in [5.74, 6) is 0.00534. The number of nitrogens with one attached hydrogen (secondary N) is 1. The Morgan fingerprint density at radius 2 is 2.30 bits per heavy atom. The maximum atomic E-state index is 12.0. The van der Waals surface area contributed by atoms with Gasteiger partial charge >= 0.3 is 0 Å². The van der Waals surface area contributed by atoms with Gasteiger partial charge in [0.2, 0.25) is 5.91 Å². The summed E-state index contributed by atoms with van der Waals surface area (Å²) in [7, 11) is 0. The van der Waals surface area contributed by atoms with E-state index in [1.807, 2.05) is 19.1 Å². The van der Waals surface area contributed by atoms with E-state index in [1.165, 1.54) is 0 Å². The van der Waals surface area contributed by atoms with Crippen LogP contribution in [0.1, 0.15) is 18.4 Å². The highest BCUT2D eigenvalue weighted by atomic mass is 35.5. The fourth-order valence-corrected chi connectivity index (χ4v) is 2.74. The van der Waals surface area contributed by atoms with Gasteiger partial charge < -0.3 is 11.1 Å². The quantitative estimate of drug-likeness (QED) is 0.896. The van der Waals surface area contributed by atoms with Crippen LogP contribution in [-0.2, 0) is 4.79 Å². The van der Waals surface area contributed by atoms with Crippen LogP contribution in [0.4, 0.5) is 5.69 Å². The van der Waals surface area contributed by atoms with E-state index < -0.39 is 0 Å². The predicted octanol–water partition coefficient (Wildman–Crippen LogP) is 2.43. The first kappa shape index (κ1) is 17.2. The van der Waals surface area contributed by atoms with Crippen molar-refractivity contribution in [3.8, 4) is 0 Å². The van der Waals surface area contributed by atoms with Gasteiger partial charge in [0.25, 0.3) is 0 Å². The van der Waals surface area contributed by atoms with Crippen molar-refractivity contribution in [2.24, 2.45) is 5.73 Å². The lowest BCUT2D eigenvalue weighted by molar-refractivity contribution is -0.117. The molecule has 4 nitrogen and oxygen atoms in total. The lowest BCUT2D eigenvalue weighted by Gasteiger charge is -2.22. The van der Waals surface area contributed by atoms with Gasteiger partial charge in [0.1, 0.15) is 0 Å². The molecule has 3 N–H and O–H groups in total. The Morgan fingerprint density at radius 1 is 1.55 bits per heavy atom. The number of rotatable bonds is 4. The average Bonchev–Trinajstić information content (AvgIpc) is 2.80. The highest BCUT2D eigenvalue weighted by Crippen LogP contribution is 2.20. The first-order valence-electron chi connectivity index (χ1n) is 6.60. The second kappa shape index (κ2) is 7.84. The Bertz CT molecular complexity index is 468. The molecule has 0 radical (unpaired) electrons. The van der Waals surface area contributed by atoms with Crippen molar-refractivity contribution >= 4 is 35.6 Å². The van der Waals surface area contributed by atoms with E-state index in [-0.39, 0.29) is 18.3 Å². The number of amides is 1. The molecule has 112 valence electrons. The van der Waals surface area contributed by atoms with E-state index >= 15 is 0 Å². The third-order valence-corrected chi connectivity index (χ3v) is 3.82. The van der Waals surface area contributed by atoms with Crippen molar-refractivity contribution in [2.75, 3.05) is 25.0 Å². The normalized spacial score (nSPS) is 18.6. The second-order valence-corrected chi connectivity index (χ2v) is 5.45. The summed E-state index contributed by atoms with van der Waals surface area (Å²) < 4.78 is 0. The molecule has 1 amide bonds. The maximum Gasteiger partial charge on any atom is 0.238 e. The lowest BCUT2D eigenvalue weighted by Crippen LogP contribution is -2.40. The van der Waals surface area contributed by atoms with E-state index in [0.717, 1.165) is 30.6 Å². The highest BCUT2D eigenvalue weighted by Gasteiger charge is 2.24. The molecular formula is C14H21Cl2N3O. The summed E-state index contributed by atoms with van der Waals surface area (Å²) in [4.78, 5) is 14.2. The molecule has 0 spiro atoms. The number of benzene rings is 1. The smallest absolute Gasteiger partial charge is 0.238 e. The van der Waals surface area contributed by atoms with Crippen LogP contribution in [0.2, 0.25) is 5.02 Å². The van der Waals surface area contributed by atoms with E-state index in [2.05, 4.69) is 10.2 Å². The molecule has 1 aromatic carbocycles. The summed E-state index contributed by atoms with van der Waals surface area (Å²) >= 11 is 5.89. The fourth-order valence-electron chi connectivity index (χ4n) is 2.51. The lowest BCUT2D eigenvalue weighted by atomic mass is 10.2. The van der Waals surface area contributed by atoms with Gasteiger partial charge in [-0.25, -0.2) is 0 Å². The van der Waals surface area contributed by atoms with Crippen molar-refractivity contribution in [1.29, 1.82) is 0 Å². The summed E-state index contributed by atoms with van der Waals surface area (Å²) in [6, 6.07) is 5.80. The molecule has 1 heterocycles. The van der Waals surface area contributed by atoms with Crippen LogP contribution in [-0.4, -0.2) is 36.5 Å². The SMILES string of the molecule is Cc1cc(Cl)ccc1NC(=O)CN1CCCC1CN.Cl. The zero-order valence-corrected chi connectivity index (χ0v) is 13.1. The number of aryl methyl sites for hydroxylation is 1. The minimum Gasteiger partial charge on any atom is -0.329 e. The van der Waals surface area contributed by atoms with Crippen molar-refractivity contribution in [1.82, 2.24) is 4.90 Å². The topological polar surface area (TPSA) is 58.4 Å². The van der Waals surface area contributed by atoms with Crippen molar-refractivity contribution in [2.45, 2.75) is 25.8 Å². The monoisotopic (exact) mass is 317 g/mol. The molecular weight excluding hydrogens is 297 g/mol. The van der Waals surface area contributed by atoms with E-state index in [4.69, 9.17) is 17.3 Å². The minimum atomic E-state index is 0. The first-order valence-corrected chi connectivity index (χ1v) is 6.98. The molecule has 2 rings (SSSR count). The summed E-state index contributed by atoms with van der Waals surface area (Å²) in [5, 5.41) is 3.61. The Hall–Kier alpha value is -0.810. The second-order valence-electron chi connectivity index (χ2n) is 5.01. The number of hydrogen-bond donors (Lipinski definition) is 2. The largest absolute Gasteiger partial charge is 0.329 e. The Kier molecular flexibility index (Phi) is 6.76. The molecule has 1 aromatic rings. The van der Waals surface area contributed by atoms with Crippen LogP contribution in [0.5, 0.6) is 0 Å². The molecule has 0 aromatic heterocycles. The molecule has 6 heteroatoms. The van der Waals surface area contributed by atoms with Gasteiger partial charge in [0.15, 0.2) is 0 Å². The molecule has 1 aliphatic heterocycles. The van der Waals surface area contributed by atoms with Crippen LogP contribution < -0.4 is 11.1 Å². The number of likely N-dealkylation sites (tertiary alicyclic amines) is 1. The number of nitrogens with two attached hydrogens (primary N) is 1. The molecule has 0 aliphatic carbocycles.